The van der Waals surface area contributed by atoms with Crippen molar-refractivity contribution >= 4 is 11.9 Å². The third-order valence-corrected chi connectivity index (χ3v) is 3.54. The summed E-state index contributed by atoms with van der Waals surface area (Å²) in [5.74, 6) is 0.895. The zero-order valence-corrected chi connectivity index (χ0v) is 13.3. The molecule has 6 heteroatoms. The highest BCUT2D eigenvalue weighted by atomic mass is 16.6. The monoisotopic (exact) mass is 302 g/mol. The highest BCUT2D eigenvalue weighted by Gasteiger charge is 2.37. The average molecular weight is 302 g/mol. The van der Waals surface area contributed by atoms with Gasteiger partial charge in [0.15, 0.2) is 0 Å². The highest BCUT2D eigenvalue weighted by molar-refractivity contribution is 5.69. The van der Waals surface area contributed by atoms with Crippen molar-refractivity contribution in [2.75, 3.05) is 18.0 Å². The average Bonchev–Trinajstić information content (AvgIpc) is 2.47. The van der Waals surface area contributed by atoms with E-state index in [2.05, 4.69) is 21.3 Å². The second-order valence-electron chi connectivity index (χ2n) is 6.50. The van der Waals surface area contributed by atoms with Crippen molar-refractivity contribution in [3.05, 3.63) is 24.4 Å². The first-order valence-electron chi connectivity index (χ1n) is 7.42. The van der Waals surface area contributed by atoms with Gasteiger partial charge in [-0.15, -0.1) is 0 Å². The summed E-state index contributed by atoms with van der Waals surface area (Å²) in [6.45, 7) is 6.74. The fourth-order valence-corrected chi connectivity index (χ4v) is 2.42. The zero-order valence-electron chi connectivity index (χ0n) is 13.3. The summed E-state index contributed by atoms with van der Waals surface area (Å²) >= 11 is 0. The van der Waals surface area contributed by atoms with E-state index in [4.69, 9.17) is 4.74 Å². The minimum atomic E-state index is -0.867. The molecule has 0 unspecified atom stereocenters. The maximum absolute atomic E-state index is 11.9. The van der Waals surface area contributed by atoms with Gasteiger partial charge in [-0.1, -0.05) is 6.07 Å². The summed E-state index contributed by atoms with van der Waals surface area (Å²) in [5.41, 5.74) is -1.44. The van der Waals surface area contributed by atoms with Crippen LogP contribution in [0, 0.1) is 11.3 Å². The number of carbonyl (C=O) groups is 1. The zero-order chi connectivity index (χ0) is 16.2. The number of amides is 1. The van der Waals surface area contributed by atoms with Gasteiger partial charge >= 0.3 is 6.09 Å². The molecule has 1 aromatic heterocycles. The van der Waals surface area contributed by atoms with Crippen LogP contribution in [0.5, 0.6) is 0 Å². The van der Waals surface area contributed by atoms with Crippen LogP contribution in [0.2, 0.25) is 0 Å². The van der Waals surface area contributed by atoms with Crippen LogP contribution >= 0.6 is 0 Å². The molecule has 1 aliphatic rings. The van der Waals surface area contributed by atoms with Gasteiger partial charge in [-0.05, 0) is 32.9 Å². The van der Waals surface area contributed by atoms with Crippen molar-refractivity contribution in [2.24, 2.45) is 0 Å². The van der Waals surface area contributed by atoms with E-state index in [0.717, 1.165) is 5.82 Å². The van der Waals surface area contributed by atoms with E-state index in [1.54, 1.807) is 27.0 Å². The van der Waals surface area contributed by atoms with Crippen LogP contribution in [-0.2, 0) is 4.74 Å². The predicted octanol–water partition coefficient (Wildman–Crippen LogP) is 2.47. The molecule has 1 saturated heterocycles. The number of carbonyl (C=O) groups excluding carboxylic acids is 1. The molecule has 2 rings (SSSR count). The van der Waals surface area contributed by atoms with Crippen LogP contribution in [-0.4, -0.2) is 35.3 Å². The molecule has 0 spiro atoms. The van der Waals surface area contributed by atoms with Crippen molar-refractivity contribution in [3.63, 3.8) is 0 Å². The van der Waals surface area contributed by atoms with Gasteiger partial charge in [-0.3, -0.25) is 0 Å². The number of hydrogen-bond donors (Lipinski definition) is 1. The Labute approximate surface area is 131 Å². The summed E-state index contributed by atoms with van der Waals surface area (Å²) in [5, 5.41) is 12.2. The number of anilines is 1. The molecule has 1 amide bonds. The molecular formula is C16H22N4O2. The molecule has 0 atom stereocenters. The first kappa shape index (κ1) is 16.1. The van der Waals surface area contributed by atoms with Crippen molar-refractivity contribution in [1.82, 2.24) is 10.3 Å². The van der Waals surface area contributed by atoms with Crippen molar-refractivity contribution in [1.29, 1.82) is 5.26 Å². The fraction of sp³-hybridized carbons (Fsp3) is 0.562. The Morgan fingerprint density at radius 3 is 2.59 bits per heavy atom. The molecule has 22 heavy (non-hydrogen) atoms. The van der Waals surface area contributed by atoms with Crippen molar-refractivity contribution in [2.45, 2.75) is 44.8 Å². The Balaban J connectivity index is 1.97. The van der Waals surface area contributed by atoms with E-state index < -0.39 is 17.2 Å². The van der Waals surface area contributed by atoms with Crippen LogP contribution in [0.25, 0.3) is 0 Å². The Kier molecular flexibility index (Phi) is 4.55. The van der Waals surface area contributed by atoms with E-state index in [1.165, 1.54) is 0 Å². The molecule has 1 aromatic rings. The molecule has 6 nitrogen and oxygen atoms in total. The lowest BCUT2D eigenvalue weighted by Gasteiger charge is -2.38. The van der Waals surface area contributed by atoms with Crippen LogP contribution < -0.4 is 10.2 Å². The SMILES string of the molecule is CC(C)(C)OC(=O)NC1(C#N)CCN(c2ccccn2)CC1. The van der Waals surface area contributed by atoms with Gasteiger partial charge in [0.2, 0.25) is 0 Å². The quantitative estimate of drug-likeness (QED) is 0.908. The number of aromatic nitrogens is 1. The molecule has 0 aliphatic carbocycles. The number of ether oxygens (including phenoxy) is 1. The smallest absolute Gasteiger partial charge is 0.408 e. The molecule has 0 aromatic carbocycles. The van der Waals surface area contributed by atoms with Crippen LogP contribution in [0.1, 0.15) is 33.6 Å². The summed E-state index contributed by atoms with van der Waals surface area (Å²) in [7, 11) is 0. The van der Waals surface area contributed by atoms with Crippen LogP contribution in [0.4, 0.5) is 10.6 Å². The maximum atomic E-state index is 11.9. The lowest BCUT2D eigenvalue weighted by Crippen LogP contribution is -2.55. The summed E-state index contributed by atoms with van der Waals surface area (Å²) < 4.78 is 5.25. The molecule has 1 fully saturated rings. The van der Waals surface area contributed by atoms with Crippen LogP contribution in [0.15, 0.2) is 24.4 Å². The normalized spacial score (nSPS) is 17.5. The third-order valence-electron chi connectivity index (χ3n) is 3.54. The Bertz CT molecular complexity index is 552. The van der Waals surface area contributed by atoms with E-state index in [0.29, 0.717) is 25.9 Å². The van der Waals surface area contributed by atoms with Crippen molar-refractivity contribution < 1.29 is 9.53 Å². The van der Waals surface area contributed by atoms with E-state index in [1.807, 2.05) is 18.2 Å². The fourth-order valence-electron chi connectivity index (χ4n) is 2.42. The molecule has 118 valence electrons. The number of pyridine rings is 1. The summed E-state index contributed by atoms with van der Waals surface area (Å²) in [4.78, 5) is 18.4. The largest absolute Gasteiger partial charge is 0.444 e. The number of piperidine rings is 1. The number of hydrogen-bond acceptors (Lipinski definition) is 5. The lowest BCUT2D eigenvalue weighted by molar-refractivity contribution is 0.0468. The van der Waals surface area contributed by atoms with E-state index in [-0.39, 0.29) is 0 Å². The topological polar surface area (TPSA) is 78.2 Å². The molecule has 1 aliphatic heterocycles. The summed E-state index contributed by atoms with van der Waals surface area (Å²) in [6, 6.07) is 8.00. The number of alkyl carbamates (subject to hydrolysis) is 1. The third kappa shape index (κ3) is 4.10. The number of rotatable bonds is 2. The second-order valence-corrected chi connectivity index (χ2v) is 6.50. The van der Waals surface area contributed by atoms with Gasteiger partial charge in [-0.2, -0.15) is 5.26 Å². The second kappa shape index (κ2) is 6.22. The Hall–Kier alpha value is -2.29. The maximum Gasteiger partial charge on any atom is 0.408 e. The van der Waals surface area contributed by atoms with Crippen molar-refractivity contribution in [3.8, 4) is 6.07 Å². The first-order valence-corrected chi connectivity index (χ1v) is 7.42. The van der Waals surface area contributed by atoms with Gasteiger partial charge in [0.25, 0.3) is 0 Å². The standard InChI is InChI=1S/C16H22N4O2/c1-15(2,3)22-14(21)19-16(12-17)7-10-20(11-8-16)13-6-4-5-9-18-13/h4-6,9H,7-8,10-11H2,1-3H3,(H,19,21). The van der Waals surface area contributed by atoms with E-state index in [9.17, 15) is 10.1 Å². The molecule has 2 heterocycles. The van der Waals surface area contributed by atoms with Gasteiger partial charge in [0, 0.05) is 32.1 Å². The molecule has 1 N–H and O–H groups in total. The molecule has 0 bridgehead atoms. The first-order chi connectivity index (χ1) is 10.3. The van der Waals surface area contributed by atoms with E-state index >= 15 is 0 Å². The number of nitrogens with one attached hydrogen (secondary N) is 1. The van der Waals surface area contributed by atoms with Gasteiger partial charge in [0.05, 0.1) is 6.07 Å². The van der Waals surface area contributed by atoms with Gasteiger partial charge < -0.3 is 15.0 Å². The molecule has 0 saturated carbocycles. The molecular weight excluding hydrogens is 280 g/mol. The molecule has 0 radical (unpaired) electrons. The van der Waals surface area contributed by atoms with Crippen LogP contribution in [0.3, 0.4) is 0 Å². The lowest BCUT2D eigenvalue weighted by atomic mass is 9.89. The Morgan fingerprint density at radius 1 is 1.41 bits per heavy atom. The number of nitriles is 1. The number of nitrogens with zero attached hydrogens (tertiary/aromatic N) is 3. The van der Waals surface area contributed by atoms with Gasteiger partial charge in [0.1, 0.15) is 17.0 Å². The van der Waals surface area contributed by atoms with Gasteiger partial charge in [-0.25, -0.2) is 9.78 Å². The summed E-state index contributed by atoms with van der Waals surface area (Å²) in [6.07, 6.45) is 2.29. The minimum Gasteiger partial charge on any atom is -0.444 e. The minimum absolute atomic E-state index is 0.541. The predicted molar refractivity (Wildman–Crippen MR) is 83.4 cm³/mol. The highest BCUT2D eigenvalue weighted by Crippen LogP contribution is 2.25. The Morgan fingerprint density at radius 2 is 2.09 bits per heavy atom.